The van der Waals surface area contributed by atoms with Gasteiger partial charge >= 0.3 is 0 Å². The van der Waals surface area contributed by atoms with Crippen molar-refractivity contribution < 1.29 is 9.21 Å². The van der Waals surface area contributed by atoms with Gasteiger partial charge in [-0.3, -0.25) is 4.79 Å². The highest BCUT2D eigenvalue weighted by molar-refractivity contribution is 5.82. The van der Waals surface area contributed by atoms with Crippen LogP contribution in [0.15, 0.2) is 29.0 Å². The summed E-state index contributed by atoms with van der Waals surface area (Å²) >= 11 is 0. The van der Waals surface area contributed by atoms with E-state index in [1.165, 1.54) is 0 Å². The number of carbonyl (C=O) groups excluding carboxylic acids is 1. The van der Waals surface area contributed by atoms with Gasteiger partial charge in [-0.15, -0.1) is 0 Å². The zero-order valence-corrected chi connectivity index (χ0v) is 16.7. The molecule has 0 saturated heterocycles. The maximum absolute atomic E-state index is 12.4. The molecule has 3 heterocycles. The van der Waals surface area contributed by atoms with E-state index in [-0.39, 0.29) is 18.0 Å². The van der Waals surface area contributed by atoms with E-state index >= 15 is 0 Å². The van der Waals surface area contributed by atoms with Crippen molar-refractivity contribution in [1.82, 2.24) is 20.3 Å². The number of pyridine rings is 1. The zero-order valence-electron chi connectivity index (χ0n) is 16.7. The number of aryl methyl sites for hydroxylation is 1. The summed E-state index contributed by atoms with van der Waals surface area (Å²) < 4.78 is 5.37. The third kappa shape index (κ3) is 3.69. The summed E-state index contributed by atoms with van der Waals surface area (Å²) in [7, 11) is 1.90. The van der Waals surface area contributed by atoms with Gasteiger partial charge < -0.3 is 14.6 Å². The van der Waals surface area contributed by atoms with Gasteiger partial charge in [0.15, 0.2) is 11.4 Å². The second-order valence-corrected chi connectivity index (χ2v) is 8.33. The minimum absolute atomic E-state index is 0.0279. The first-order valence-corrected chi connectivity index (χ1v) is 9.56. The molecule has 7 nitrogen and oxygen atoms in total. The molecule has 1 aliphatic rings. The van der Waals surface area contributed by atoms with Crippen LogP contribution in [-0.2, 0) is 17.6 Å². The fraction of sp³-hybridized carbons (Fsp3) is 0.429. The van der Waals surface area contributed by atoms with Crippen LogP contribution in [0.5, 0.6) is 0 Å². The van der Waals surface area contributed by atoms with E-state index < -0.39 is 0 Å². The molecular weight excluding hydrogens is 354 g/mol. The van der Waals surface area contributed by atoms with Crippen molar-refractivity contribution >= 4 is 22.7 Å². The van der Waals surface area contributed by atoms with Gasteiger partial charge in [-0.2, -0.15) is 0 Å². The summed E-state index contributed by atoms with van der Waals surface area (Å²) in [5.74, 6) is 1.37. The SMILES string of the molecule is CN(CC(=O)NC(C)(C)C)c1nc(-c2cc3ccoc3cn2)nc2c1CCC2. The van der Waals surface area contributed by atoms with E-state index in [2.05, 4.69) is 10.3 Å². The van der Waals surface area contributed by atoms with Crippen LogP contribution in [0.1, 0.15) is 38.4 Å². The van der Waals surface area contributed by atoms with Crippen LogP contribution in [0, 0.1) is 0 Å². The molecule has 0 saturated carbocycles. The zero-order chi connectivity index (χ0) is 19.9. The number of furan rings is 1. The van der Waals surface area contributed by atoms with Crippen molar-refractivity contribution in [2.75, 3.05) is 18.5 Å². The molecule has 28 heavy (non-hydrogen) atoms. The largest absolute Gasteiger partial charge is 0.463 e. The van der Waals surface area contributed by atoms with Crippen molar-refractivity contribution in [2.45, 2.75) is 45.6 Å². The average molecular weight is 379 g/mol. The van der Waals surface area contributed by atoms with E-state index in [0.717, 1.165) is 47.3 Å². The summed E-state index contributed by atoms with van der Waals surface area (Å²) in [6.45, 7) is 6.17. The summed E-state index contributed by atoms with van der Waals surface area (Å²) in [4.78, 5) is 28.3. The van der Waals surface area contributed by atoms with Gasteiger partial charge in [0.25, 0.3) is 0 Å². The van der Waals surface area contributed by atoms with Gasteiger partial charge in [0.05, 0.1) is 19.0 Å². The molecule has 3 aromatic rings. The fourth-order valence-corrected chi connectivity index (χ4v) is 3.58. The molecule has 1 amide bonds. The molecule has 1 N–H and O–H groups in total. The molecule has 0 spiro atoms. The van der Waals surface area contributed by atoms with Gasteiger partial charge in [-0.05, 0) is 52.2 Å². The summed E-state index contributed by atoms with van der Waals surface area (Å²) in [5.41, 5.74) is 3.37. The number of hydrogen-bond donors (Lipinski definition) is 1. The van der Waals surface area contributed by atoms with Crippen molar-refractivity contribution in [3.63, 3.8) is 0 Å². The number of amides is 1. The predicted molar refractivity (Wildman–Crippen MR) is 108 cm³/mol. The normalized spacial score (nSPS) is 13.6. The third-order valence-corrected chi connectivity index (χ3v) is 4.74. The van der Waals surface area contributed by atoms with Crippen molar-refractivity contribution in [3.05, 3.63) is 35.9 Å². The Morgan fingerprint density at radius 1 is 1.29 bits per heavy atom. The number of nitrogens with one attached hydrogen (secondary N) is 1. The van der Waals surface area contributed by atoms with Crippen molar-refractivity contribution in [3.8, 4) is 11.5 Å². The number of likely N-dealkylation sites (N-methyl/N-ethyl adjacent to an activating group) is 1. The Labute approximate surface area is 164 Å². The Balaban J connectivity index is 1.68. The molecule has 0 bridgehead atoms. The van der Waals surface area contributed by atoms with Crippen LogP contribution in [0.2, 0.25) is 0 Å². The van der Waals surface area contributed by atoms with Gasteiger partial charge in [-0.25, -0.2) is 15.0 Å². The van der Waals surface area contributed by atoms with Crippen LogP contribution in [0.3, 0.4) is 0 Å². The Bertz CT molecular complexity index is 1030. The first-order chi connectivity index (χ1) is 13.3. The van der Waals surface area contributed by atoms with E-state index in [1.54, 1.807) is 12.5 Å². The monoisotopic (exact) mass is 379 g/mol. The van der Waals surface area contributed by atoms with Gasteiger partial charge in [0, 0.05) is 29.2 Å². The Hall–Kier alpha value is -2.96. The number of anilines is 1. The number of fused-ring (bicyclic) bond motifs is 2. The van der Waals surface area contributed by atoms with Crippen LogP contribution >= 0.6 is 0 Å². The lowest BCUT2D eigenvalue weighted by Crippen LogP contribution is -2.45. The predicted octanol–water partition coefficient (Wildman–Crippen LogP) is 3.12. The lowest BCUT2D eigenvalue weighted by molar-refractivity contribution is -0.121. The fourth-order valence-electron chi connectivity index (χ4n) is 3.58. The molecule has 4 rings (SSSR count). The van der Waals surface area contributed by atoms with Gasteiger partial charge in [0.1, 0.15) is 11.5 Å². The summed E-state index contributed by atoms with van der Waals surface area (Å²) in [5, 5.41) is 3.97. The first kappa shape index (κ1) is 18.4. The highest BCUT2D eigenvalue weighted by Crippen LogP contribution is 2.31. The number of hydrogen-bond acceptors (Lipinski definition) is 6. The topological polar surface area (TPSA) is 84.2 Å². The lowest BCUT2D eigenvalue weighted by atomic mass is 10.1. The molecular formula is C21H25N5O2. The van der Waals surface area contributed by atoms with Crippen molar-refractivity contribution in [1.29, 1.82) is 0 Å². The minimum Gasteiger partial charge on any atom is -0.463 e. The Morgan fingerprint density at radius 3 is 2.89 bits per heavy atom. The molecule has 1 aliphatic carbocycles. The molecule has 146 valence electrons. The van der Waals surface area contributed by atoms with Crippen LogP contribution in [0.4, 0.5) is 5.82 Å². The lowest BCUT2D eigenvalue weighted by Gasteiger charge is -2.25. The second-order valence-electron chi connectivity index (χ2n) is 8.33. The number of aromatic nitrogens is 3. The van der Waals surface area contributed by atoms with E-state index in [0.29, 0.717) is 11.5 Å². The number of rotatable bonds is 4. The Morgan fingerprint density at radius 2 is 2.11 bits per heavy atom. The number of nitrogens with zero attached hydrogens (tertiary/aromatic N) is 4. The standard InChI is InChI=1S/C21H25N5O2/c1-21(2,3)25-18(27)12-26(4)20-14-6-5-7-15(14)23-19(24-20)16-10-13-8-9-28-17(13)11-22-16/h8-11H,5-7,12H2,1-4H3,(H,25,27). The summed E-state index contributed by atoms with van der Waals surface area (Å²) in [6.07, 6.45) is 6.25. The van der Waals surface area contributed by atoms with E-state index in [9.17, 15) is 4.79 Å². The first-order valence-electron chi connectivity index (χ1n) is 9.56. The van der Waals surface area contributed by atoms with E-state index in [4.69, 9.17) is 14.4 Å². The average Bonchev–Trinajstić information content (AvgIpc) is 3.27. The molecule has 0 fully saturated rings. The number of carbonyl (C=O) groups is 1. The maximum atomic E-state index is 12.4. The molecule has 0 unspecified atom stereocenters. The molecule has 0 radical (unpaired) electrons. The van der Waals surface area contributed by atoms with Crippen molar-refractivity contribution in [2.24, 2.45) is 0 Å². The van der Waals surface area contributed by atoms with Crippen LogP contribution in [0.25, 0.3) is 22.5 Å². The molecule has 0 aliphatic heterocycles. The highest BCUT2D eigenvalue weighted by atomic mass is 16.3. The second kappa shape index (κ2) is 6.89. The van der Waals surface area contributed by atoms with E-state index in [1.807, 2.05) is 44.9 Å². The quantitative estimate of drug-likeness (QED) is 0.750. The molecule has 0 aromatic carbocycles. The molecule has 3 aromatic heterocycles. The molecule has 0 atom stereocenters. The maximum Gasteiger partial charge on any atom is 0.239 e. The summed E-state index contributed by atoms with van der Waals surface area (Å²) in [6, 6.07) is 3.84. The van der Waals surface area contributed by atoms with Crippen LogP contribution in [-0.4, -0.2) is 40.0 Å². The van der Waals surface area contributed by atoms with Gasteiger partial charge in [0.2, 0.25) is 5.91 Å². The highest BCUT2D eigenvalue weighted by Gasteiger charge is 2.24. The van der Waals surface area contributed by atoms with Crippen LogP contribution < -0.4 is 10.2 Å². The minimum atomic E-state index is -0.263. The molecule has 7 heteroatoms. The third-order valence-electron chi connectivity index (χ3n) is 4.74. The van der Waals surface area contributed by atoms with Gasteiger partial charge in [-0.1, -0.05) is 0 Å². The Kier molecular flexibility index (Phi) is 4.53. The smallest absolute Gasteiger partial charge is 0.239 e.